The third-order valence-electron chi connectivity index (χ3n) is 6.23. The van der Waals surface area contributed by atoms with Crippen LogP contribution < -0.4 is 15.8 Å². The Balaban J connectivity index is 1.42. The summed E-state index contributed by atoms with van der Waals surface area (Å²) < 4.78 is 53.1. The van der Waals surface area contributed by atoms with Crippen molar-refractivity contribution in [3.8, 4) is 22.9 Å². The van der Waals surface area contributed by atoms with Gasteiger partial charge in [0.15, 0.2) is 10.9 Å². The van der Waals surface area contributed by atoms with E-state index < -0.39 is 23.6 Å². The number of nitrogens with one attached hydrogen (secondary N) is 1. The summed E-state index contributed by atoms with van der Waals surface area (Å²) in [7, 11) is 0. The SMILES string of the molecule is CC(C)(C)OC(=O)N1CCC[C@@H]1CNc1nc(C(F)(F)F)ccc1-c1cc(Oc2cccc3sc(N)nc23)ncn1. The van der Waals surface area contributed by atoms with E-state index in [-0.39, 0.29) is 24.3 Å². The number of para-hydroxylation sites is 1. The molecule has 41 heavy (non-hydrogen) atoms. The van der Waals surface area contributed by atoms with Crippen LogP contribution in [0, 0.1) is 0 Å². The van der Waals surface area contributed by atoms with Crippen molar-refractivity contribution in [3.63, 3.8) is 0 Å². The lowest BCUT2D eigenvalue weighted by Crippen LogP contribution is -2.42. The number of nitrogen functional groups attached to an aromatic ring is 1. The third-order valence-corrected chi connectivity index (χ3v) is 7.08. The summed E-state index contributed by atoms with van der Waals surface area (Å²) in [6, 6.07) is 8.78. The van der Waals surface area contributed by atoms with Crippen LogP contribution in [0.5, 0.6) is 11.6 Å². The lowest BCUT2D eigenvalue weighted by atomic mass is 10.1. The molecule has 0 radical (unpaired) electrons. The van der Waals surface area contributed by atoms with Gasteiger partial charge in [-0.2, -0.15) is 13.2 Å². The van der Waals surface area contributed by atoms with E-state index in [9.17, 15) is 18.0 Å². The van der Waals surface area contributed by atoms with Gasteiger partial charge in [-0.15, -0.1) is 0 Å². The van der Waals surface area contributed by atoms with E-state index in [1.54, 1.807) is 37.8 Å². The summed E-state index contributed by atoms with van der Waals surface area (Å²) in [4.78, 5) is 30.9. The molecular weight excluding hydrogens is 559 g/mol. The zero-order valence-corrected chi connectivity index (χ0v) is 23.3. The summed E-state index contributed by atoms with van der Waals surface area (Å²) in [6.07, 6.45) is -2.45. The number of carbonyl (C=O) groups excluding carboxylic acids is 1. The molecule has 216 valence electrons. The minimum atomic E-state index is -4.65. The molecule has 1 saturated heterocycles. The van der Waals surface area contributed by atoms with E-state index in [2.05, 4.69) is 25.3 Å². The maximum absolute atomic E-state index is 13.6. The molecule has 14 heteroatoms. The second-order valence-corrected chi connectivity index (χ2v) is 11.5. The van der Waals surface area contributed by atoms with E-state index in [4.69, 9.17) is 15.2 Å². The summed E-state index contributed by atoms with van der Waals surface area (Å²) in [6.45, 7) is 5.99. The number of amides is 1. The normalized spacial score (nSPS) is 15.8. The van der Waals surface area contributed by atoms with Gasteiger partial charge in [0.2, 0.25) is 5.88 Å². The van der Waals surface area contributed by atoms with Crippen LogP contribution in [0.1, 0.15) is 39.3 Å². The average molecular weight is 588 g/mol. The Bertz CT molecular complexity index is 1570. The molecule has 1 aliphatic rings. The number of hydrogen-bond donors (Lipinski definition) is 2. The van der Waals surface area contributed by atoms with Crippen LogP contribution in [-0.4, -0.2) is 55.7 Å². The van der Waals surface area contributed by atoms with E-state index in [0.29, 0.717) is 40.6 Å². The fraction of sp³-hybridized carbons (Fsp3) is 0.370. The van der Waals surface area contributed by atoms with Gasteiger partial charge in [-0.1, -0.05) is 17.4 Å². The number of aromatic nitrogens is 4. The number of nitrogens with zero attached hydrogens (tertiary/aromatic N) is 5. The molecule has 0 bridgehead atoms. The van der Waals surface area contributed by atoms with E-state index in [0.717, 1.165) is 17.2 Å². The molecule has 1 aliphatic heterocycles. The highest BCUT2D eigenvalue weighted by Crippen LogP contribution is 2.36. The third kappa shape index (κ3) is 6.59. The number of ether oxygens (including phenoxy) is 2. The molecule has 0 unspecified atom stereocenters. The molecule has 1 fully saturated rings. The molecule has 3 aromatic heterocycles. The maximum Gasteiger partial charge on any atom is 0.433 e. The Labute approximate surface area is 237 Å². The Kier molecular flexibility index (Phi) is 7.60. The average Bonchev–Trinajstić information content (AvgIpc) is 3.52. The molecule has 1 atom stereocenters. The molecule has 10 nitrogen and oxygen atoms in total. The molecule has 5 rings (SSSR count). The molecule has 3 N–H and O–H groups in total. The van der Waals surface area contributed by atoms with Gasteiger partial charge in [0.05, 0.1) is 16.4 Å². The quantitative estimate of drug-likeness (QED) is 0.265. The van der Waals surface area contributed by atoms with Crippen LogP contribution in [0.15, 0.2) is 42.7 Å². The number of benzene rings is 1. The van der Waals surface area contributed by atoms with Gasteiger partial charge in [0.25, 0.3) is 0 Å². The number of carbonyl (C=O) groups is 1. The van der Waals surface area contributed by atoms with Crippen LogP contribution >= 0.6 is 11.3 Å². The molecular formula is C27H28F3N7O3S. The number of hydrogen-bond acceptors (Lipinski definition) is 10. The molecule has 0 saturated carbocycles. The van der Waals surface area contributed by atoms with Gasteiger partial charge in [0.1, 0.15) is 29.0 Å². The van der Waals surface area contributed by atoms with Gasteiger partial charge in [0, 0.05) is 24.7 Å². The van der Waals surface area contributed by atoms with Gasteiger partial charge in [-0.05, 0) is 57.9 Å². The van der Waals surface area contributed by atoms with Crippen LogP contribution in [0.3, 0.4) is 0 Å². The Morgan fingerprint density at radius 1 is 1.17 bits per heavy atom. The number of pyridine rings is 1. The molecule has 1 aromatic carbocycles. The summed E-state index contributed by atoms with van der Waals surface area (Å²) in [5.74, 6) is 0.550. The van der Waals surface area contributed by atoms with Crippen LogP contribution in [-0.2, 0) is 10.9 Å². The lowest BCUT2D eigenvalue weighted by molar-refractivity contribution is -0.141. The monoisotopic (exact) mass is 587 g/mol. The molecule has 0 aliphatic carbocycles. The first kappa shape index (κ1) is 28.3. The lowest BCUT2D eigenvalue weighted by Gasteiger charge is -2.29. The van der Waals surface area contributed by atoms with Crippen molar-refractivity contribution in [2.75, 3.05) is 24.1 Å². The van der Waals surface area contributed by atoms with Gasteiger partial charge in [-0.3, -0.25) is 0 Å². The first-order chi connectivity index (χ1) is 19.4. The number of halogens is 3. The maximum atomic E-state index is 13.6. The van der Waals surface area contributed by atoms with Gasteiger partial charge in [-0.25, -0.2) is 24.7 Å². The number of rotatable bonds is 6. The topological polar surface area (TPSA) is 128 Å². The van der Waals surface area contributed by atoms with E-state index >= 15 is 0 Å². The Morgan fingerprint density at radius 2 is 1.98 bits per heavy atom. The van der Waals surface area contributed by atoms with Crippen molar-refractivity contribution in [1.29, 1.82) is 0 Å². The second kappa shape index (κ2) is 11.0. The number of likely N-dealkylation sites (tertiary alicyclic amines) is 1. The highest BCUT2D eigenvalue weighted by atomic mass is 32.1. The van der Waals surface area contributed by atoms with Crippen LogP contribution in [0.2, 0.25) is 0 Å². The molecule has 0 spiro atoms. The van der Waals surface area contributed by atoms with Crippen molar-refractivity contribution in [3.05, 3.63) is 48.4 Å². The minimum Gasteiger partial charge on any atom is -0.444 e. The number of nitrogens with two attached hydrogens (primary N) is 1. The zero-order chi connectivity index (χ0) is 29.4. The smallest absolute Gasteiger partial charge is 0.433 e. The first-order valence-electron chi connectivity index (χ1n) is 12.8. The standard InChI is InChI=1S/C27H28F3N7O3S/c1-26(2,3)40-25(38)37-11-5-6-15(37)13-32-23-16(9-10-20(35-23)27(28,29)30)17-12-21(34-14-33-17)39-18-7-4-8-19-22(18)36-24(31)41-19/h4,7-10,12,14-15H,5-6,11,13H2,1-3H3,(H2,31,36)(H,32,35)/t15-/m1/s1. The highest BCUT2D eigenvalue weighted by Gasteiger charge is 2.35. The van der Waals surface area contributed by atoms with Crippen molar-refractivity contribution >= 4 is 38.6 Å². The summed E-state index contributed by atoms with van der Waals surface area (Å²) in [5.41, 5.74) is 5.28. The largest absolute Gasteiger partial charge is 0.444 e. The number of anilines is 2. The predicted molar refractivity (Wildman–Crippen MR) is 149 cm³/mol. The van der Waals surface area contributed by atoms with E-state index in [1.165, 1.54) is 29.8 Å². The second-order valence-electron chi connectivity index (χ2n) is 10.4. The minimum absolute atomic E-state index is 0.0325. The molecule has 1 amide bonds. The highest BCUT2D eigenvalue weighted by molar-refractivity contribution is 7.22. The molecule has 4 heterocycles. The van der Waals surface area contributed by atoms with Crippen molar-refractivity contribution in [2.45, 2.75) is 51.4 Å². The van der Waals surface area contributed by atoms with Crippen LogP contribution in [0.25, 0.3) is 21.5 Å². The predicted octanol–water partition coefficient (Wildman–Crippen LogP) is 6.35. The fourth-order valence-corrected chi connectivity index (χ4v) is 5.21. The van der Waals surface area contributed by atoms with Crippen molar-refractivity contribution in [1.82, 2.24) is 24.8 Å². The number of fused-ring (bicyclic) bond motifs is 1. The van der Waals surface area contributed by atoms with Crippen LogP contribution in [0.4, 0.5) is 28.9 Å². The Hall–Kier alpha value is -4.20. The van der Waals surface area contributed by atoms with Crippen molar-refractivity contribution in [2.24, 2.45) is 0 Å². The Morgan fingerprint density at radius 3 is 2.73 bits per heavy atom. The van der Waals surface area contributed by atoms with Gasteiger partial charge < -0.3 is 25.4 Å². The van der Waals surface area contributed by atoms with Gasteiger partial charge >= 0.3 is 12.3 Å². The van der Waals surface area contributed by atoms with Crippen molar-refractivity contribution < 1.29 is 27.4 Å². The first-order valence-corrected chi connectivity index (χ1v) is 13.7. The zero-order valence-electron chi connectivity index (χ0n) is 22.5. The summed E-state index contributed by atoms with van der Waals surface area (Å²) >= 11 is 1.32. The number of thiazole rings is 1. The molecule has 4 aromatic rings. The summed E-state index contributed by atoms with van der Waals surface area (Å²) in [5, 5.41) is 3.41. The fourth-order valence-electron chi connectivity index (χ4n) is 4.46. The number of alkyl halides is 3. The van der Waals surface area contributed by atoms with E-state index in [1.807, 2.05) is 6.07 Å².